The Balaban J connectivity index is 1.49. The van der Waals surface area contributed by atoms with Crippen molar-refractivity contribution >= 4 is 5.91 Å². The predicted octanol–water partition coefficient (Wildman–Crippen LogP) is 5.14. The fraction of sp³-hybridized carbons (Fsp3) is 0.240. The van der Waals surface area contributed by atoms with Gasteiger partial charge in [0.1, 0.15) is 5.82 Å². The second kappa shape index (κ2) is 9.48. The first-order chi connectivity index (χ1) is 13.9. The fourth-order valence-electron chi connectivity index (χ4n) is 3.02. The van der Waals surface area contributed by atoms with Crippen molar-refractivity contribution in [3.8, 4) is 0 Å². The minimum absolute atomic E-state index is 0.0978. The van der Waals surface area contributed by atoms with Crippen LogP contribution in [0.2, 0.25) is 0 Å². The number of rotatable bonds is 8. The van der Waals surface area contributed by atoms with Gasteiger partial charge in [0.15, 0.2) is 0 Å². The normalized spacial score (nSPS) is 11.3. The zero-order valence-electron chi connectivity index (χ0n) is 16.8. The number of carbonyl (C=O) groups excluding carboxylic acids is 1. The molecule has 3 aromatic carbocycles. The molecule has 150 valence electrons. The molecule has 4 heteroatoms. The van der Waals surface area contributed by atoms with Gasteiger partial charge in [0.25, 0.3) is 0 Å². The highest BCUT2D eigenvalue weighted by molar-refractivity contribution is 5.87. The predicted molar refractivity (Wildman–Crippen MR) is 113 cm³/mol. The summed E-state index contributed by atoms with van der Waals surface area (Å²) < 4.78 is 18.9. The third kappa shape index (κ3) is 5.75. The summed E-state index contributed by atoms with van der Waals surface area (Å²) in [6, 6.07) is 24.1. The molecule has 0 saturated heterocycles. The summed E-state index contributed by atoms with van der Waals surface area (Å²) in [4.78, 5) is 12.6. The lowest BCUT2D eigenvalue weighted by atomic mass is 9.83. The molecule has 3 nitrogen and oxygen atoms in total. The molecule has 0 spiro atoms. The van der Waals surface area contributed by atoms with Crippen LogP contribution in [0.4, 0.5) is 4.39 Å². The molecule has 0 bridgehead atoms. The SMILES string of the molecule is CC(C)(C(=O)NCc1ccc(COCc2ccccc2)cc1)c1ccc(F)cc1. The highest BCUT2D eigenvalue weighted by atomic mass is 19.1. The van der Waals surface area contributed by atoms with Gasteiger partial charge in [-0.15, -0.1) is 0 Å². The van der Waals surface area contributed by atoms with Crippen LogP contribution >= 0.6 is 0 Å². The topological polar surface area (TPSA) is 38.3 Å². The van der Waals surface area contributed by atoms with Crippen molar-refractivity contribution in [3.63, 3.8) is 0 Å². The van der Waals surface area contributed by atoms with Crippen LogP contribution in [0.25, 0.3) is 0 Å². The van der Waals surface area contributed by atoms with Crippen molar-refractivity contribution in [2.75, 3.05) is 0 Å². The lowest BCUT2D eigenvalue weighted by Crippen LogP contribution is -2.39. The Labute approximate surface area is 171 Å². The van der Waals surface area contributed by atoms with Crippen molar-refractivity contribution in [1.29, 1.82) is 0 Å². The Kier molecular flexibility index (Phi) is 6.78. The first kappa shape index (κ1) is 20.7. The van der Waals surface area contributed by atoms with E-state index < -0.39 is 5.41 Å². The highest BCUT2D eigenvalue weighted by Crippen LogP contribution is 2.23. The summed E-state index contributed by atoms with van der Waals surface area (Å²) in [7, 11) is 0. The molecule has 1 amide bonds. The minimum atomic E-state index is -0.737. The molecule has 3 aromatic rings. The third-order valence-corrected chi connectivity index (χ3v) is 4.99. The number of hydrogen-bond acceptors (Lipinski definition) is 2. The van der Waals surface area contributed by atoms with Crippen LogP contribution in [0.3, 0.4) is 0 Å². The fourth-order valence-corrected chi connectivity index (χ4v) is 3.02. The average molecular weight is 391 g/mol. The van der Waals surface area contributed by atoms with Gasteiger partial charge in [-0.05, 0) is 48.2 Å². The molecule has 1 N–H and O–H groups in total. The number of carbonyl (C=O) groups is 1. The van der Waals surface area contributed by atoms with Crippen molar-refractivity contribution in [1.82, 2.24) is 5.32 Å². The van der Waals surface area contributed by atoms with Crippen molar-refractivity contribution in [3.05, 3.63) is 107 Å². The second-order valence-corrected chi connectivity index (χ2v) is 7.61. The van der Waals surface area contributed by atoms with Crippen molar-refractivity contribution < 1.29 is 13.9 Å². The minimum Gasteiger partial charge on any atom is -0.372 e. The van der Waals surface area contributed by atoms with Crippen LogP contribution in [-0.2, 0) is 34.7 Å². The third-order valence-electron chi connectivity index (χ3n) is 4.99. The molecule has 0 radical (unpaired) electrons. The molecule has 0 aliphatic heterocycles. The zero-order valence-corrected chi connectivity index (χ0v) is 16.8. The molecular formula is C25H26FNO2. The molecular weight excluding hydrogens is 365 g/mol. The Morgan fingerprint density at radius 1 is 0.828 bits per heavy atom. The zero-order chi connectivity index (χ0) is 20.7. The molecule has 0 aliphatic rings. The Morgan fingerprint density at radius 2 is 1.38 bits per heavy atom. The summed E-state index contributed by atoms with van der Waals surface area (Å²) in [6.45, 7) is 5.23. The van der Waals surface area contributed by atoms with E-state index >= 15 is 0 Å². The molecule has 0 fully saturated rings. The van der Waals surface area contributed by atoms with E-state index in [0.717, 1.165) is 22.3 Å². The Morgan fingerprint density at radius 3 is 2.00 bits per heavy atom. The second-order valence-electron chi connectivity index (χ2n) is 7.61. The van der Waals surface area contributed by atoms with Crippen LogP contribution in [0.1, 0.15) is 36.1 Å². The number of ether oxygens (including phenoxy) is 1. The number of hydrogen-bond donors (Lipinski definition) is 1. The van der Waals surface area contributed by atoms with Gasteiger partial charge >= 0.3 is 0 Å². The summed E-state index contributed by atoms with van der Waals surface area (Å²) >= 11 is 0. The molecule has 3 rings (SSSR count). The van der Waals surface area contributed by atoms with E-state index in [-0.39, 0.29) is 11.7 Å². The van der Waals surface area contributed by atoms with E-state index in [1.807, 2.05) is 68.4 Å². The van der Waals surface area contributed by atoms with Crippen molar-refractivity contribution in [2.24, 2.45) is 0 Å². The van der Waals surface area contributed by atoms with E-state index in [9.17, 15) is 9.18 Å². The standard InChI is InChI=1S/C25H26FNO2/c1-25(2,22-12-14-23(26)15-13-22)24(28)27-16-19-8-10-21(11-9-19)18-29-17-20-6-4-3-5-7-20/h3-15H,16-18H2,1-2H3,(H,27,28). The molecule has 0 atom stereocenters. The van der Waals surface area contributed by atoms with Crippen LogP contribution in [0.5, 0.6) is 0 Å². The maximum atomic E-state index is 13.1. The Hall–Kier alpha value is -2.98. The van der Waals surface area contributed by atoms with Crippen LogP contribution in [0.15, 0.2) is 78.9 Å². The van der Waals surface area contributed by atoms with Gasteiger partial charge in [0.05, 0.1) is 18.6 Å². The summed E-state index contributed by atoms with van der Waals surface area (Å²) in [5, 5.41) is 2.97. The van der Waals surface area contributed by atoms with Gasteiger partial charge in [0, 0.05) is 6.54 Å². The lowest BCUT2D eigenvalue weighted by Gasteiger charge is -2.24. The van der Waals surface area contributed by atoms with E-state index in [1.54, 1.807) is 12.1 Å². The smallest absolute Gasteiger partial charge is 0.230 e. The van der Waals surface area contributed by atoms with Gasteiger partial charge in [-0.1, -0.05) is 66.7 Å². The summed E-state index contributed by atoms with van der Waals surface area (Å²) in [5.74, 6) is -0.405. The summed E-state index contributed by atoms with van der Waals surface area (Å²) in [6.07, 6.45) is 0. The molecule has 0 unspecified atom stereocenters. The molecule has 0 aliphatic carbocycles. The van der Waals surface area contributed by atoms with Gasteiger partial charge in [-0.3, -0.25) is 4.79 Å². The van der Waals surface area contributed by atoms with E-state index in [4.69, 9.17) is 4.74 Å². The van der Waals surface area contributed by atoms with Crippen LogP contribution in [-0.4, -0.2) is 5.91 Å². The monoisotopic (exact) mass is 391 g/mol. The molecule has 0 saturated carbocycles. The van der Waals surface area contributed by atoms with Crippen molar-refractivity contribution in [2.45, 2.75) is 39.0 Å². The van der Waals surface area contributed by atoms with Gasteiger partial charge in [-0.25, -0.2) is 4.39 Å². The Bertz CT molecular complexity index is 919. The van der Waals surface area contributed by atoms with Crippen LogP contribution in [0, 0.1) is 5.82 Å². The quantitative estimate of drug-likeness (QED) is 0.578. The number of benzene rings is 3. The number of nitrogens with one attached hydrogen (secondary N) is 1. The van der Waals surface area contributed by atoms with E-state index in [2.05, 4.69) is 5.32 Å². The first-order valence-corrected chi connectivity index (χ1v) is 9.69. The molecule has 0 heterocycles. The number of amides is 1. The maximum absolute atomic E-state index is 13.1. The average Bonchev–Trinajstić information content (AvgIpc) is 2.74. The first-order valence-electron chi connectivity index (χ1n) is 9.69. The summed E-state index contributed by atoms with van der Waals surface area (Å²) in [5.41, 5.74) is 3.29. The van der Waals surface area contributed by atoms with Gasteiger partial charge in [-0.2, -0.15) is 0 Å². The van der Waals surface area contributed by atoms with Gasteiger partial charge in [0.2, 0.25) is 5.91 Å². The van der Waals surface area contributed by atoms with Crippen LogP contribution < -0.4 is 5.32 Å². The molecule has 29 heavy (non-hydrogen) atoms. The van der Waals surface area contributed by atoms with E-state index in [1.165, 1.54) is 12.1 Å². The van der Waals surface area contributed by atoms with Gasteiger partial charge < -0.3 is 10.1 Å². The number of halogens is 1. The van der Waals surface area contributed by atoms with E-state index in [0.29, 0.717) is 19.8 Å². The molecule has 0 aromatic heterocycles. The maximum Gasteiger partial charge on any atom is 0.230 e. The highest BCUT2D eigenvalue weighted by Gasteiger charge is 2.29. The lowest BCUT2D eigenvalue weighted by molar-refractivity contribution is -0.125. The largest absolute Gasteiger partial charge is 0.372 e.